The number of likely N-dealkylation sites (N-methyl/N-ethyl adjacent to an activating group) is 1. The van der Waals surface area contributed by atoms with E-state index in [1.54, 1.807) is 19.2 Å². The van der Waals surface area contributed by atoms with E-state index in [-0.39, 0.29) is 18.2 Å². The maximum Gasteiger partial charge on any atom is 0.234 e. The third kappa shape index (κ3) is 5.46. The summed E-state index contributed by atoms with van der Waals surface area (Å²) in [6.07, 6.45) is 0. The van der Waals surface area contributed by atoms with E-state index in [1.165, 1.54) is 7.11 Å². The topological polar surface area (TPSA) is 71.0 Å². The van der Waals surface area contributed by atoms with Crippen molar-refractivity contribution in [3.8, 4) is 11.5 Å². The van der Waals surface area contributed by atoms with Gasteiger partial charge in [0.2, 0.25) is 5.91 Å². The fourth-order valence-corrected chi connectivity index (χ4v) is 1.80. The van der Waals surface area contributed by atoms with Crippen molar-refractivity contribution >= 4 is 5.91 Å². The lowest BCUT2D eigenvalue weighted by atomic mass is 10.2. The fraction of sp³-hybridized carbons (Fsp3) is 0.500. The Hall–Kier alpha value is -1.79. The summed E-state index contributed by atoms with van der Waals surface area (Å²) in [5.41, 5.74) is 0.912. The summed E-state index contributed by atoms with van der Waals surface area (Å²) in [4.78, 5) is 13.5. The first-order valence-corrected chi connectivity index (χ1v) is 6.37. The van der Waals surface area contributed by atoms with Gasteiger partial charge in [-0.3, -0.25) is 9.69 Å². The standard InChI is InChI=1S/C14H22N2O4/c1-16(10-14(18)15-6-7-19-2)9-11-4-5-13(20-3)12(17)8-11/h4-5,8,17H,6-7,9-10H2,1-3H3,(H,15,18). The Labute approximate surface area is 119 Å². The van der Waals surface area contributed by atoms with Gasteiger partial charge in [0.1, 0.15) is 0 Å². The van der Waals surface area contributed by atoms with Crippen molar-refractivity contribution in [3.63, 3.8) is 0 Å². The largest absolute Gasteiger partial charge is 0.504 e. The molecular formula is C14H22N2O4. The maximum absolute atomic E-state index is 11.6. The number of phenols is 1. The van der Waals surface area contributed by atoms with Crippen LogP contribution in [0.5, 0.6) is 11.5 Å². The van der Waals surface area contributed by atoms with Gasteiger partial charge in [0.05, 0.1) is 20.3 Å². The van der Waals surface area contributed by atoms with E-state index in [9.17, 15) is 9.90 Å². The number of amides is 1. The molecule has 0 atom stereocenters. The lowest BCUT2D eigenvalue weighted by Crippen LogP contribution is -2.36. The van der Waals surface area contributed by atoms with E-state index in [4.69, 9.17) is 9.47 Å². The monoisotopic (exact) mass is 282 g/mol. The summed E-state index contributed by atoms with van der Waals surface area (Å²) < 4.78 is 9.84. The van der Waals surface area contributed by atoms with E-state index in [0.717, 1.165) is 5.56 Å². The molecule has 0 unspecified atom stereocenters. The van der Waals surface area contributed by atoms with Gasteiger partial charge in [0.15, 0.2) is 11.5 Å². The zero-order chi connectivity index (χ0) is 15.0. The third-order valence-corrected chi connectivity index (χ3v) is 2.74. The molecule has 0 aliphatic carbocycles. The SMILES string of the molecule is COCCNC(=O)CN(C)Cc1ccc(OC)c(O)c1. The van der Waals surface area contributed by atoms with Crippen molar-refractivity contribution in [2.24, 2.45) is 0 Å². The van der Waals surface area contributed by atoms with Gasteiger partial charge in [0.25, 0.3) is 0 Å². The van der Waals surface area contributed by atoms with Gasteiger partial charge in [-0.1, -0.05) is 6.07 Å². The molecule has 1 aromatic carbocycles. The second kappa shape index (κ2) is 8.39. The van der Waals surface area contributed by atoms with Crippen LogP contribution < -0.4 is 10.1 Å². The second-order valence-corrected chi connectivity index (χ2v) is 4.52. The first-order chi connectivity index (χ1) is 9.56. The summed E-state index contributed by atoms with van der Waals surface area (Å²) in [7, 11) is 4.94. The van der Waals surface area contributed by atoms with Crippen molar-refractivity contribution in [1.29, 1.82) is 0 Å². The zero-order valence-corrected chi connectivity index (χ0v) is 12.2. The first-order valence-electron chi connectivity index (χ1n) is 6.37. The minimum Gasteiger partial charge on any atom is -0.504 e. The molecule has 0 bridgehead atoms. The molecule has 2 N–H and O–H groups in total. The van der Waals surface area contributed by atoms with E-state index in [0.29, 0.717) is 25.4 Å². The highest BCUT2D eigenvalue weighted by Gasteiger charge is 2.08. The predicted molar refractivity (Wildman–Crippen MR) is 75.9 cm³/mol. The molecule has 0 fully saturated rings. The van der Waals surface area contributed by atoms with Gasteiger partial charge >= 0.3 is 0 Å². The lowest BCUT2D eigenvalue weighted by Gasteiger charge is -2.16. The molecule has 1 amide bonds. The van der Waals surface area contributed by atoms with Crippen LogP contribution in [0.25, 0.3) is 0 Å². The number of phenolic OH excluding ortho intramolecular Hbond substituents is 1. The van der Waals surface area contributed by atoms with Crippen molar-refractivity contribution < 1.29 is 19.4 Å². The quantitative estimate of drug-likeness (QED) is 0.683. The van der Waals surface area contributed by atoms with E-state index < -0.39 is 0 Å². The Morgan fingerprint density at radius 2 is 2.15 bits per heavy atom. The number of rotatable bonds is 8. The number of carbonyl (C=O) groups is 1. The predicted octanol–water partition coefficient (Wildman–Crippen LogP) is 0.595. The van der Waals surface area contributed by atoms with Crippen LogP contribution in [0, 0.1) is 0 Å². The molecule has 0 radical (unpaired) electrons. The number of methoxy groups -OCH3 is 2. The summed E-state index contributed by atoms with van der Waals surface area (Å²) in [6, 6.07) is 5.20. The van der Waals surface area contributed by atoms with E-state index in [1.807, 2.05) is 18.0 Å². The Bertz CT molecular complexity index is 437. The molecule has 112 valence electrons. The molecule has 0 heterocycles. The van der Waals surface area contributed by atoms with Gasteiger partial charge in [-0.25, -0.2) is 0 Å². The van der Waals surface area contributed by atoms with Gasteiger partial charge in [-0.05, 0) is 24.7 Å². The van der Waals surface area contributed by atoms with Crippen LogP contribution >= 0.6 is 0 Å². The van der Waals surface area contributed by atoms with E-state index >= 15 is 0 Å². The number of carbonyl (C=O) groups excluding carboxylic acids is 1. The number of benzene rings is 1. The third-order valence-electron chi connectivity index (χ3n) is 2.74. The molecule has 0 aromatic heterocycles. The van der Waals surface area contributed by atoms with Crippen LogP contribution in [0.3, 0.4) is 0 Å². The summed E-state index contributed by atoms with van der Waals surface area (Å²) in [5.74, 6) is 0.485. The molecule has 20 heavy (non-hydrogen) atoms. The Balaban J connectivity index is 2.43. The molecule has 0 spiro atoms. The highest BCUT2D eigenvalue weighted by atomic mass is 16.5. The Kier molecular flexibility index (Phi) is 6.83. The summed E-state index contributed by atoms with van der Waals surface area (Å²) in [5, 5.41) is 12.4. The van der Waals surface area contributed by atoms with Crippen LogP contribution in [0.4, 0.5) is 0 Å². The number of nitrogens with one attached hydrogen (secondary N) is 1. The minimum absolute atomic E-state index is 0.0534. The number of hydrogen-bond donors (Lipinski definition) is 2. The average molecular weight is 282 g/mol. The minimum atomic E-state index is -0.0534. The molecule has 0 aliphatic rings. The normalized spacial score (nSPS) is 10.6. The molecule has 0 aliphatic heterocycles. The van der Waals surface area contributed by atoms with Crippen molar-refractivity contribution in [2.45, 2.75) is 6.54 Å². The highest BCUT2D eigenvalue weighted by Crippen LogP contribution is 2.26. The van der Waals surface area contributed by atoms with Crippen molar-refractivity contribution in [2.75, 3.05) is 41.0 Å². The van der Waals surface area contributed by atoms with Crippen LogP contribution in [0.15, 0.2) is 18.2 Å². The number of hydrogen-bond acceptors (Lipinski definition) is 5. The first kappa shape index (κ1) is 16.3. The molecule has 6 heteroatoms. The molecular weight excluding hydrogens is 260 g/mol. The van der Waals surface area contributed by atoms with Crippen LogP contribution in [0.1, 0.15) is 5.56 Å². The van der Waals surface area contributed by atoms with E-state index in [2.05, 4.69) is 5.32 Å². The van der Waals surface area contributed by atoms with Gasteiger partial charge in [-0.15, -0.1) is 0 Å². The Morgan fingerprint density at radius 3 is 2.75 bits per heavy atom. The van der Waals surface area contributed by atoms with Gasteiger partial charge in [0, 0.05) is 20.2 Å². The second-order valence-electron chi connectivity index (χ2n) is 4.52. The fourth-order valence-electron chi connectivity index (χ4n) is 1.80. The molecule has 0 saturated heterocycles. The van der Waals surface area contributed by atoms with Crippen LogP contribution in [-0.2, 0) is 16.1 Å². The molecule has 1 rings (SSSR count). The number of aromatic hydroxyl groups is 1. The lowest BCUT2D eigenvalue weighted by molar-refractivity contribution is -0.122. The number of nitrogens with zero attached hydrogens (tertiary/aromatic N) is 1. The molecule has 6 nitrogen and oxygen atoms in total. The van der Waals surface area contributed by atoms with Crippen LogP contribution in [-0.4, -0.2) is 56.9 Å². The van der Waals surface area contributed by atoms with Gasteiger partial charge < -0.3 is 19.9 Å². The van der Waals surface area contributed by atoms with Crippen molar-refractivity contribution in [1.82, 2.24) is 10.2 Å². The van der Waals surface area contributed by atoms with Crippen molar-refractivity contribution in [3.05, 3.63) is 23.8 Å². The number of ether oxygens (including phenoxy) is 2. The molecule has 0 saturated carbocycles. The zero-order valence-electron chi connectivity index (χ0n) is 12.2. The summed E-state index contributed by atoms with van der Waals surface area (Å²) in [6.45, 7) is 1.86. The van der Waals surface area contributed by atoms with Gasteiger partial charge in [-0.2, -0.15) is 0 Å². The van der Waals surface area contributed by atoms with Crippen LogP contribution in [0.2, 0.25) is 0 Å². The summed E-state index contributed by atoms with van der Waals surface area (Å²) >= 11 is 0. The highest BCUT2D eigenvalue weighted by molar-refractivity contribution is 5.77. The smallest absolute Gasteiger partial charge is 0.234 e. The molecule has 1 aromatic rings. The average Bonchev–Trinajstić information content (AvgIpc) is 2.39. The Morgan fingerprint density at radius 1 is 1.40 bits per heavy atom. The maximum atomic E-state index is 11.6.